The summed E-state index contributed by atoms with van der Waals surface area (Å²) in [5.74, 6) is -2.23. The number of aryl methyl sites for hydroxylation is 1. The number of benzene rings is 1. The molecule has 0 saturated heterocycles. The molecule has 0 radical (unpaired) electrons. The molecular weight excluding hydrogens is 465 g/mol. The molecule has 0 amide bonds. The highest BCUT2D eigenvalue weighted by atomic mass is 32.2. The molecule has 13 heteroatoms. The number of carboxylic acid groups (broad SMARTS) is 1. The lowest BCUT2D eigenvalue weighted by molar-refractivity contribution is -0.192. The standard InChI is InChI=1S/C18H26N4O3S.C2HF3O2/c1-14-5-6-18(17(9-14)25-4)26(23,24)21-11-15(10-20(2)3)12-22-16(13-21)7-8-19-22;3-2(4,5)1(6)7/h5-9,15H,10-13H2,1-4H3;(H,6,7). The van der Waals surface area contributed by atoms with Gasteiger partial charge < -0.3 is 14.7 Å². The summed E-state index contributed by atoms with van der Waals surface area (Å²) in [6, 6.07) is 7.07. The van der Waals surface area contributed by atoms with Crippen LogP contribution < -0.4 is 4.74 Å². The van der Waals surface area contributed by atoms with Crippen LogP contribution in [0.1, 0.15) is 11.3 Å². The number of carboxylic acids is 1. The van der Waals surface area contributed by atoms with Crippen molar-refractivity contribution in [2.75, 3.05) is 34.3 Å². The summed E-state index contributed by atoms with van der Waals surface area (Å²) in [4.78, 5) is 11.2. The van der Waals surface area contributed by atoms with Crippen LogP contribution in [0.3, 0.4) is 0 Å². The quantitative estimate of drug-likeness (QED) is 0.682. The van der Waals surface area contributed by atoms with Crippen molar-refractivity contribution in [2.45, 2.75) is 31.1 Å². The van der Waals surface area contributed by atoms with Crippen LogP contribution in [0.5, 0.6) is 5.75 Å². The van der Waals surface area contributed by atoms with Gasteiger partial charge in [0, 0.05) is 31.7 Å². The number of aliphatic carboxylic acids is 1. The first-order chi connectivity index (χ1) is 15.3. The number of halogens is 3. The van der Waals surface area contributed by atoms with Crippen molar-refractivity contribution < 1.29 is 36.2 Å². The van der Waals surface area contributed by atoms with Gasteiger partial charge in [-0.05, 0) is 44.8 Å². The molecule has 1 aromatic heterocycles. The van der Waals surface area contributed by atoms with E-state index in [0.717, 1.165) is 17.8 Å². The second kappa shape index (κ2) is 10.5. The fraction of sp³-hybridized carbons (Fsp3) is 0.500. The van der Waals surface area contributed by atoms with Crippen LogP contribution in [0.4, 0.5) is 13.2 Å². The highest BCUT2D eigenvalue weighted by Crippen LogP contribution is 2.30. The van der Waals surface area contributed by atoms with Crippen LogP contribution >= 0.6 is 0 Å². The second-order valence-electron chi connectivity index (χ2n) is 7.89. The Labute approximate surface area is 190 Å². The van der Waals surface area contributed by atoms with E-state index in [1.807, 2.05) is 31.8 Å². The molecule has 1 N–H and O–H groups in total. The van der Waals surface area contributed by atoms with Crippen LogP contribution in [-0.4, -0.2) is 79.0 Å². The van der Waals surface area contributed by atoms with Crippen LogP contribution in [0, 0.1) is 12.8 Å². The molecule has 1 atom stereocenters. The Hall–Kier alpha value is -2.64. The minimum atomic E-state index is -5.08. The SMILES string of the molecule is COc1cc(C)ccc1S(=O)(=O)N1Cc2ccnn2CC(CN(C)C)C1.O=C(O)C(F)(F)F. The van der Waals surface area contributed by atoms with Gasteiger partial charge >= 0.3 is 12.1 Å². The van der Waals surface area contributed by atoms with Gasteiger partial charge in [-0.25, -0.2) is 13.2 Å². The average molecular weight is 493 g/mol. The minimum Gasteiger partial charge on any atom is -0.495 e. The molecule has 0 spiro atoms. The average Bonchev–Trinajstić information content (AvgIpc) is 3.05. The summed E-state index contributed by atoms with van der Waals surface area (Å²) in [6.45, 7) is 4.16. The Morgan fingerprint density at radius 3 is 2.45 bits per heavy atom. The molecule has 0 saturated carbocycles. The van der Waals surface area contributed by atoms with E-state index >= 15 is 0 Å². The van der Waals surface area contributed by atoms with Crippen LogP contribution in [0.25, 0.3) is 0 Å². The topological polar surface area (TPSA) is 105 Å². The number of rotatable bonds is 5. The van der Waals surface area contributed by atoms with Crippen molar-refractivity contribution in [2.24, 2.45) is 5.92 Å². The van der Waals surface area contributed by atoms with Gasteiger partial charge in [0.2, 0.25) is 10.0 Å². The molecule has 9 nitrogen and oxygen atoms in total. The maximum Gasteiger partial charge on any atom is 0.490 e. The van der Waals surface area contributed by atoms with Crippen molar-refractivity contribution in [1.82, 2.24) is 19.0 Å². The van der Waals surface area contributed by atoms with Crippen molar-refractivity contribution in [3.05, 3.63) is 41.7 Å². The Balaban J connectivity index is 0.000000479. The molecule has 2 heterocycles. The van der Waals surface area contributed by atoms with Gasteiger partial charge in [-0.1, -0.05) is 6.07 Å². The zero-order chi connectivity index (χ0) is 25.0. The molecule has 33 heavy (non-hydrogen) atoms. The minimum absolute atomic E-state index is 0.150. The predicted octanol–water partition coefficient (Wildman–Crippen LogP) is 2.22. The van der Waals surface area contributed by atoms with Crippen LogP contribution in [-0.2, 0) is 27.9 Å². The van der Waals surface area contributed by atoms with E-state index in [-0.39, 0.29) is 10.8 Å². The van der Waals surface area contributed by atoms with E-state index in [1.54, 1.807) is 28.7 Å². The van der Waals surface area contributed by atoms with Gasteiger partial charge in [-0.2, -0.15) is 22.6 Å². The molecule has 0 aliphatic carbocycles. The lowest BCUT2D eigenvalue weighted by atomic mass is 10.1. The normalized spacial score (nSPS) is 17.0. The first-order valence-corrected chi connectivity index (χ1v) is 11.3. The number of nitrogens with zero attached hydrogens (tertiary/aromatic N) is 4. The fourth-order valence-electron chi connectivity index (χ4n) is 3.44. The number of methoxy groups -OCH3 is 1. The number of carbonyl (C=O) groups is 1. The summed E-state index contributed by atoms with van der Waals surface area (Å²) < 4.78 is 67.3. The van der Waals surface area contributed by atoms with E-state index in [2.05, 4.69) is 10.00 Å². The summed E-state index contributed by atoms with van der Waals surface area (Å²) in [5.41, 5.74) is 1.86. The van der Waals surface area contributed by atoms with Crippen molar-refractivity contribution in [1.29, 1.82) is 0 Å². The molecule has 1 aliphatic heterocycles. The van der Waals surface area contributed by atoms with Crippen molar-refractivity contribution in [3.63, 3.8) is 0 Å². The largest absolute Gasteiger partial charge is 0.495 e. The van der Waals surface area contributed by atoms with E-state index in [9.17, 15) is 21.6 Å². The zero-order valence-corrected chi connectivity index (χ0v) is 19.5. The molecule has 0 bridgehead atoms. The van der Waals surface area contributed by atoms with Gasteiger partial charge in [0.25, 0.3) is 0 Å². The Morgan fingerprint density at radius 2 is 1.91 bits per heavy atom. The Morgan fingerprint density at radius 1 is 1.27 bits per heavy atom. The number of hydrogen-bond acceptors (Lipinski definition) is 6. The number of sulfonamides is 1. The molecule has 2 aromatic rings. The van der Waals surface area contributed by atoms with E-state index in [0.29, 0.717) is 25.4 Å². The van der Waals surface area contributed by atoms with E-state index in [1.165, 1.54) is 7.11 Å². The lowest BCUT2D eigenvalue weighted by Gasteiger charge is -2.26. The zero-order valence-electron chi connectivity index (χ0n) is 18.7. The molecular formula is C20H27F3N4O5S. The van der Waals surface area contributed by atoms with Gasteiger partial charge in [-0.15, -0.1) is 0 Å². The third-order valence-electron chi connectivity index (χ3n) is 4.84. The number of hydrogen-bond donors (Lipinski definition) is 1. The number of ether oxygens (including phenoxy) is 1. The highest BCUT2D eigenvalue weighted by molar-refractivity contribution is 7.89. The molecule has 3 rings (SSSR count). The Kier molecular flexibility index (Phi) is 8.49. The number of fused-ring (bicyclic) bond motifs is 1. The third-order valence-corrected chi connectivity index (χ3v) is 6.69. The number of aromatic nitrogens is 2. The van der Waals surface area contributed by atoms with Crippen LogP contribution in [0.2, 0.25) is 0 Å². The van der Waals surface area contributed by atoms with Gasteiger partial charge in [-0.3, -0.25) is 4.68 Å². The van der Waals surface area contributed by atoms with Crippen LogP contribution in [0.15, 0.2) is 35.4 Å². The fourth-order valence-corrected chi connectivity index (χ4v) is 5.06. The van der Waals surface area contributed by atoms with Gasteiger partial charge in [0.1, 0.15) is 10.6 Å². The Bertz CT molecular complexity index is 1070. The first kappa shape index (κ1) is 26.6. The molecule has 1 aromatic carbocycles. The first-order valence-electron chi connectivity index (χ1n) is 9.86. The van der Waals surface area contributed by atoms with E-state index < -0.39 is 22.2 Å². The lowest BCUT2D eigenvalue weighted by Crippen LogP contribution is -2.37. The maximum atomic E-state index is 13.4. The summed E-state index contributed by atoms with van der Waals surface area (Å²) in [5, 5.41) is 11.5. The summed E-state index contributed by atoms with van der Waals surface area (Å²) in [7, 11) is 1.81. The molecule has 1 unspecified atom stereocenters. The van der Waals surface area contributed by atoms with Crippen molar-refractivity contribution in [3.8, 4) is 5.75 Å². The molecule has 184 valence electrons. The van der Waals surface area contributed by atoms with Gasteiger partial charge in [0.05, 0.1) is 19.3 Å². The smallest absolute Gasteiger partial charge is 0.490 e. The molecule has 0 fully saturated rings. The molecule has 1 aliphatic rings. The number of alkyl halides is 3. The maximum absolute atomic E-state index is 13.4. The van der Waals surface area contributed by atoms with Gasteiger partial charge in [0.15, 0.2) is 0 Å². The highest BCUT2D eigenvalue weighted by Gasteiger charge is 2.38. The summed E-state index contributed by atoms with van der Waals surface area (Å²) >= 11 is 0. The monoisotopic (exact) mass is 492 g/mol. The predicted molar refractivity (Wildman–Crippen MR) is 113 cm³/mol. The third kappa shape index (κ3) is 6.92. The summed E-state index contributed by atoms with van der Waals surface area (Å²) in [6.07, 6.45) is -3.36. The second-order valence-corrected chi connectivity index (χ2v) is 9.79. The van der Waals surface area contributed by atoms with Crippen molar-refractivity contribution >= 4 is 16.0 Å². The van der Waals surface area contributed by atoms with E-state index in [4.69, 9.17) is 14.6 Å².